The molecule has 4 nitrogen and oxygen atoms in total. The molecule has 2 rings (SSSR count). The largest absolute Gasteiger partial charge is 0.493 e. The molecule has 0 aliphatic carbocycles. The summed E-state index contributed by atoms with van der Waals surface area (Å²) in [5.41, 5.74) is 0.920. The zero-order valence-corrected chi connectivity index (χ0v) is 13.8. The van der Waals surface area contributed by atoms with Gasteiger partial charge in [-0.05, 0) is 56.9 Å². The molecule has 1 aromatic carbocycles. The lowest BCUT2D eigenvalue weighted by atomic mass is 9.97. The summed E-state index contributed by atoms with van der Waals surface area (Å²) >= 11 is 0. The van der Waals surface area contributed by atoms with Crippen molar-refractivity contribution in [3.05, 3.63) is 29.8 Å². The Labute approximate surface area is 132 Å². The van der Waals surface area contributed by atoms with Gasteiger partial charge >= 0.3 is 0 Å². The Morgan fingerprint density at radius 3 is 2.36 bits per heavy atom. The molecular weight excluding hydrogens is 278 g/mol. The summed E-state index contributed by atoms with van der Waals surface area (Å²) in [7, 11) is 3.21. The monoisotopic (exact) mass is 303 g/mol. The molecule has 22 heavy (non-hydrogen) atoms. The quantitative estimate of drug-likeness (QED) is 0.799. The molecule has 1 fully saturated rings. The molecule has 0 N–H and O–H groups in total. The molecule has 1 aliphatic heterocycles. The van der Waals surface area contributed by atoms with E-state index < -0.39 is 0 Å². The molecule has 2 atom stereocenters. The van der Waals surface area contributed by atoms with E-state index in [0.29, 0.717) is 23.6 Å². The van der Waals surface area contributed by atoms with Crippen molar-refractivity contribution in [2.75, 3.05) is 14.2 Å². The van der Waals surface area contributed by atoms with Crippen molar-refractivity contribution in [1.82, 2.24) is 4.90 Å². The molecule has 1 saturated heterocycles. The van der Waals surface area contributed by atoms with Crippen molar-refractivity contribution < 1.29 is 14.3 Å². The average Bonchev–Trinajstić information content (AvgIpc) is 2.52. The molecule has 0 spiro atoms. The molecule has 0 saturated carbocycles. The van der Waals surface area contributed by atoms with Crippen molar-refractivity contribution in [2.24, 2.45) is 0 Å². The van der Waals surface area contributed by atoms with Crippen molar-refractivity contribution in [1.29, 1.82) is 0 Å². The number of hydrogen-bond acceptors (Lipinski definition) is 3. The van der Waals surface area contributed by atoms with Gasteiger partial charge in [-0.2, -0.15) is 0 Å². The SMILES string of the molecule is COc1ccc(/C=C/C(=O)N2[C@@H](C)CCC[C@@H]2C)cc1OC. The van der Waals surface area contributed by atoms with Crippen molar-refractivity contribution in [3.8, 4) is 11.5 Å². The third-order valence-electron chi connectivity index (χ3n) is 4.27. The average molecular weight is 303 g/mol. The lowest BCUT2D eigenvalue weighted by Gasteiger charge is -2.38. The number of likely N-dealkylation sites (tertiary alicyclic amines) is 1. The Kier molecular flexibility index (Phi) is 5.47. The second-order valence-electron chi connectivity index (χ2n) is 5.82. The van der Waals surface area contributed by atoms with Crippen LogP contribution < -0.4 is 9.47 Å². The Hall–Kier alpha value is -1.97. The number of benzene rings is 1. The fourth-order valence-corrected chi connectivity index (χ4v) is 3.07. The van der Waals surface area contributed by atoms with Crippen LogP contribution in [-0.4, -0.2) is 37.1 Å². The normalized spacial score (nSPS) is 21.9. The summed E-state index contributed by atoms with van der Waals surface area (Å²) in [5, 5.41) is 0. The van der Waals surface area contributed by atoms with Crippen LogP contribution in [0.5, 0.6) is 11.5 Å². The Morgan fingerprint density at radius 2 is 1.77 bits per heavy atom. The molecule has 0 radical (unpaired) electrons. The number of carbonyl (C=O) groups is 1. The van der Waals surface area contributed by atoms with Crippen LogP contribution in [0, 0.1) is 0 Å². The summed E-state index contributed by atoms with van der Waals surface area (Å²) in [5.74, 6) is 1.43. The summed E-state index contributed by atoms with van der Waals surface area (Å²) in [6.07, 6.45) is 6.85. The maximum absolute atomic E-state index is 12.5. The van der Waals surface area contributed by atoms with Gasteiger partial charge in [0.15, 0.2) is 11.5 Å². The van der Waals surface area contributed by atoms with Gasteiger partial charge in [-0.1, -0.05) is 6.07 Å². The number of piperidine rings is 1. The van der Waals surface area contributed by atoms with E-state index in [1.807, 2.05) is 29.2 Å². The number of hydrogen-bond donors (Lipinski definition) is 0. The Balaban J connectivity index is 2.12. The van der Waals surface area contributed by atoms with Gasteiger partial charge in [0.25, 0.3) is 0 Å². The number of rotatable bonds is 4. The van der Waals surface area contributed by atoms with Crippen LogP contribution in [0.4, 0.5) is 0 Å². The Morgan fingerprint density at radius 1 is 1.14 bits per heavy atom. The first kappa shape index (κ1) is 16.4. The molecular formula is C18H25NO3. The lowest BCUT2D eigenvalue weighted by Crippen LogP contribution is -2.46. The first-order valence-corrected chi connectivity index (χ1v) is 7.79. The smallest absolute Gasteiger partial charge is 0.247 e. The third-order valence-corrected chi connectivity index (χ3v) is 4.27. The van der Waals surface area contributed by atoms with Gasteiger partial charge in [-0.3, -0.25) is 4.79 Å². The van der Waals surface area contributed by atoms with Gasteiger partial charge in [0.05, 0.1) is 14.2 Å². The molecule has 0 bridgehead atoms. The highest BCUT2D eigenvalue weighted by Gasteiger charge is 2.27. The third kappa shape index (κ3) is 3.62. The zero-order chi connectivity index (χ0) is 16.1. The van der Waals surface area contributed by atoms with E-state index in [1.165, 1.54) is 6.42 Å². The van der Waals surface area contributed by atoms with Crippen LogP contribution in [0.3, 0.4) is 0 Å². The van der Waals surface area contributed by atoms with Crippen molar-refractivity contribution >= 4 is 12.0 Å². The summed E-state index contributed by atoms with van der Waals surface area (Å²) in [6.45, 7) is 4.25. The van der Waals surface area contributed by atoms with E-state index in [0.717, 1.165) is 18.4 Å². The summed E-state index contributed by atoms with van der Waals surface area (Å²) in [6, 6.07) is 6.24. The number of amides is 1. The molecule has 120 valence electrons. The van der Waals surface area contributed by atoms with Gasteiger partial charge in [0, 0.05) is 18.2 Å². The standard InChI is InChI=1S/C18H25NO3/c1-13-6-5-7-14(2)19(13)18(20)11-9-15-8-10-16(21-3)17(12-15)22-4/h8-14H,5-7H2,1-4H3/b11-9+/t13-,14-/m0/s1. The highest BCUT2D eigenvalue weighted by atomic mass is 16.5. The highest BCUT2D eigenvalue weighted by Crippen LogP contribution is 2.28. The highest BCUT2D eigenvalue weighted by molar-refractivity contribution is 5.92. The first-order valence-electron chi connectivity index (χ1n) is 7.79. The Bertz CT molecular complexity index is 543. The van der Waals surface area contributed by atoms with Gasteiger partial charge in [-0.25, -0.2) is 0 Å². The van der Waals surface area contributed by atoms with Crippen molar-refractivity contribution in [2.45, 2.75) is 45.2 Å². The number of carbonyl (C=O) groups excluding carboxylic acids is 1. The lowest BCUT2D eigenvalue weighted by molar-refractivity contribution is -0.131. The minimum atomic E-state index is 0.0782. The van der Waals surface area contributed by atoms with Gasteiger partial charge in [0.2, 0.25) is 5.91 Å². The molecule has 0 unspecified atom stereocenters. The van der Waals surface area contributed by atoms with Crippen LogP contribution in [0.25, 0.3) is 6.08 Å². The summed E-state index contributed by atoms with van der Waals surface area (Å²) in [4.78, 5) is 14.4. The maximum Gasteiger partial charge on any atom is 0.247 e. The molecule has 4 heteroatoms. The van der Waals surface area contributed by atoms with E-state index in [4.69, 9.17) is 9.47 Å². The predicted octanol–water partition coefficient (Wildman–Crippen LogP) is 3.51. The first-order chi connectivity index (χ1) is 10.6. The molecule has 0 aromatic heterocycles. The van der Waals surface area contributed by atoms with E-state index in [1.54, 1.807) is 20.3 Å². The summed E-state index contributed by atoms with van der Waals surface area (Å²) < 4.78 is 10.5. The fraction of sp³-hybridized carbons (Fsp3) is 0.500. The molecule has 1 heterocycles. The van der Waals surface area contributed by atoms with E-state index in [-0.39, 0.29) is 5.91 Å². The topological polar surface area (TPSA) is 38.8 Å². The van der Waals surface area contributed by atoms with E-state index in [9.17, 15) is 4.79 Å². The van der Waals surface area contributed by atoms with Crippen LogP contribution in [0.15, 0.2) is 24.3 Å². The van der Waals surface area contributed by atoms with Gasteiger partial charge < -0.3 is 14.4 Å². The number of ether oxygens (including phenoxy) is 2. The maximum atomic E-state index is 12.5. The fourth-order valence-electron chi connectivity index (χ4n) is 3.07. The zero-order valence-electron chi connectivity index (χ0n) is 13.8. The molecule has 1 amide bonds. The van der Waals surface area contributed by atoms with Crippen molar-refractivity contribution in [3.63, 3.8) is 0 Å². The minimum absolute atomic E-state index is 0.0782. The van der Waals surface area contributed by atoms with E-state index >= 15 is 0 Å². The number of nitrogens with zero attached hydrogens (tertiary/aromatic N) is 1. The van der Waals surface area contributed by atoms with Gasteiger partial charge in [-0.15, -0.1) is 0 Å². The second kappa shape index (κ2) is 7.34. The van der Waals surface area contributed by atoms with Gasteiger partial charge in [0.1, 0.15) is 0 Å². The van der Waals surface area contributed by atoms with E-state index in [2.05, 4.69) is 13.8 Å². The second-order valence-corrected chi connectivity index (χ2v) is 5.82. The van der Waals surface area contributed by atoms with Crippen LogP contribution in [0.1, 0.15) is 38.7 Å². The minimum Gasteiger partial charge on any atom is -0.493 e. The predicted molar refractivity (Wildman–Crippen MR) is 88.2 cm³/mol. The molecule has 1 aliphatic rings. The molecule has 1 aromatic rings. The number of methoxy groups -OCH3 is 2. The van der Waals surface area contributed by atoms with Crippen LogP contribution in [-0.2, 0) is 4.79 Å². The van der Waals surface area contributed by atoms with Crippen LogP contribution in [0.2, 0.25) is 0 Å². The van der Waals surface area contributed by atoms with Crippen LogP contribution >= 0.6 is 0 Å².